The Labute approximate surface area is 185 Å². The van der Waals surface area contributed by atoms with Gasteiger partial charge in [0.25, 0.3) is 0 Å². The number of aryl methyl sites for hydroxylation is 1. The summed E-state index contributed by atoms with van der Waals surface area (Å²) in [6, 6.07) is 6.27. The average Bonchev–Trinajstić information content (AvgIpc) is 3.50. The van der Waals surface area contributed by atoms with E-state index in [-0.39, 0.29) is 17.9 Å². The standard InChI is InChI=1S/C22H27N7OS/c1-13(2)22(30)28(5)17-8-16(9-23-15(4)20-25-12-26-27-20)11-29-18(10-24-21(17)29)19-7-6-14(3)31-19/h6-8,10-13,15,23H,9H2,1-5H3,(H,25,26,27). The van der Waals surface area contributed by atoms with E-state index >= 15 is 0 Å². The molecule has 0 saturated carbocycles. The fourth-order valence-corrected chi connectivity index (χ4v) is 4.39. The van der Waals surface area contributed by atoms with Gasteiger partial charge in [-0.1, -0.05) is 13.8 Å². The van der Waals surface area contributed by atoms with Crippen molar-refractivity contribution >= 4 is 28.6 Å². The summed E-state index contributed by atoms with van der Waals surface area (Å²) < 4.78 is 2.08. The second-order valence-corrected chi connectivity index (χ2v) is 9.29. The van der Waals surface area contributed by atoms with Gasteiger partial charge in [-0.15, -0.1) is 11.3 Å². The Kier molecular flexibility index (Phi) is 5.88. The third-order valence-corrected chi connectivity index (χ3v) is 6.30. The molecule has 0 aliphatic heterocycles. The van der Waals surface area contributed by atoms with E-state index in [1.807, 2.05) is 40.1 Å². The number of aromatic nitrogens is 5. The number of anilines is 1. The van der Waals surface area contributed by atoms with Gasteiger partial charge in [0.15, 0.2) is 5.65 Å². The van der Waals surface area contributed by atoms with Crippen LogP contribution in [0.4, 0.5) is 5.69 Å². The van der Waals surface area contributed by atoms with Crippen LogP contribution in [0.1, 0.15) is 43.1 Å². The van der Waals surface area contributed by atoms with Crippen LogP contribution in [0.25, 0.3) is 16.2 Å². The molecule has 0 bridgehead atoms. The highest BCUT2D eigenvalue weighted by atomic mass is 32.1. The first-order valence-electron chi connectivity index (χ1n) is 10.3. The van der Waals surface area contributed by atoms with Crippen molar-refractivity contribution in [3.63, 3.8) is 0 Å². The molecule has 1 atom stereocenters. The van der Waals surface area contributed by atoms with Crippen LogP contribution < -0.4 is 10.2 Å². The van der Waals surface area contributed by atoms with Gasteiger partial charge in [-0.25, -0.2) is 9.97 Å². The molecule has 0 aliphatic carbocycles. The summed E-state index contributed by atoms with van der Waals surface area (Å²) in [5.74, 6) is 0.733. The van der Waals surface area contributed by atoms with E-state index in [1.54, 1.807) is 16.2 Å². The first-order valence-corrected chi connectivity index (χ1v) is 11.1. The van der Waals surface area contributed by atoms with Crippen LogP contribution >= 0.6 is 11.3 Å². The van der Waals surface area contributed by atoms with E-state index in [9.17, 15) is 4.79 Å². The van der Waals surface area contributed by atoms with Gasteiger partial charge in [-0.3, -0.25) is 14.3 Å². The molecule has 0 aliphatic rings. The molecule has 4 heterocycles. The quantitative estimate of drug-likeness (QED) is 0.457. The summed E-state index contributed by atoms with van der Waals surface area (Å²) in [5.41, 5.74) is 3.63. The molecule has 1 amide bonds. The van der Waals surface area contributed by atoms with E-state index in [0.717, 1.165) is 33.3 Å². The maximum absolute atomic E-state index is 12.8. The lowest BCUT2D eigenvalue weighted by molar-refractivity contribution is -0.121. The van der Waals surface area contributed by atoms with Crippen molar-refractivity contribution < 1.29 is 4.79 Å². The Balaban J connectivity index is 1.75. The zero-order chi connectivity index (χ0) is 22.1. The first-order chi connectivity index (χ1) is 14.8. The second-order valence-electron chi connectivity index (χ2n) is 8.01. The Morgan fingerprint density at radius 1 is 1.29 bits per heavy atom. The topological polar surface area (TPSA) is 91.2 Å². The molecule has 4 aromatic rings. The smallest absolute Gasteiger partial charge is 0.229 e. The summed E-state index contributed by atoms with van der Waals surface area (Å²) in [4.78, 5) is 25.8. The van der Waals surface area contributed by atoms with Crippen molar-refractivity contribution in [1.29, 1.82) is 0 Å². The molecular formula is C22H27N7OS. The molecule has 9 heteroatoms. The van der Waals surface area contributed by atoms with Crippen molar-refractivity contribution in [1.82, 2.24) is 29.9 Å². The number of fused-ring (bicyclic) bond motifs is 1. The molecule has 0 saturated heterocycles. The zero-order valence-corrected chi connectivity index (χ0v) is 19.2. The van der Waals surface area contributed by atoms with Crippen LogP contribution in [-0.4, -0.2) is 37.5 Å². The molecule has 2 N–H and O–H groups in total. The number of nitrogens with zero attached hydrogens (tertiary/aromatic N) is 5. The number of aromatic amines is 1. The van der Waals surface area contributed by atoms with Gasteiger partial charge in [0.05, 0.1) is 28.5 Å². The van der Waals surface area contributed by atoms with Crippen molar-refractivity contribution in [2.24, 2.45) is 5.92 Å². The van der Waals surface area contributed by atoms with Crippen LogP contribution in [0.5, 0.6) is 0 Å². The number of hydrogen-bond donors (Lipinski definition) is 2. The highest BCUT2D eigenvalue weighted by Gasteiger charge is 2.21. The number of rotatable bonds is 7. The van der Waals surface area contributed by atoms with E-state index in [0.29, 0.717) is 6.54 Å². The summed E-state index contributed by atoms with van der Waals surface area (Å²) in [6.07, 6.45) is 5.47. The number of imidazole rings is 1. The highest BCUT2D eigenvalue weighted by molar-refractivity contribution is 7.15. The van der Waals surface area contributed by atoms with Gasteiger partial charge in [0, 0.05) is 30.6 Å². The molecule has 0 radical (unpaired) electrons. The SMILES string of the molecule is Cc1ccc(-c2cnc3c(N(C)C(=O)C(C)C)cc(CNC(C)c4ncn[nH]4)cn23)s1. The lowest BCUT2D eigenvalue weighted by Crippen LogP contribution is -2.31. The maximum atomic E-state index is 12.8. The van der Waals surface area contributed by atoms with Gasteiger partial charge < -0.3 is 10.2 Å². The van der Waals surface area contributed by atoms with E-state index < -0.39 is 0 Å². The number of hydrogen-bond acceptors (Lipinski definition) is 6. The van der Waals surface area contributed by atoms with Crippen molar-refractivity contribution in [3.8, 4) is 10.6 Å². The number of amides is 1. The van der Waals surface area contributed by atoms with Crippen molar-refractivity contribution in [3.05, 3.63) is 53.2 Å². The number of pyridine rings is 1. The van der Waals surface area contributed by atoms with Crippen LogP contribution in [0.15, 0.2) is 36.9 Å². The minimum atomic E-state index is -0.104. The fraction of sp³-hybridized carbons (Fsp3) is 0.364. The van der Waals surface area contributed by atoms with Crippen LogP contribution in [0, 0.1) is 12.8 Å². The third kappa shape index (κ3) is 4.24. The number of carbonyl (C=O) groups is 1. The zero-order valence-electron chi connectivity index (χ0n) is 18.4. The normalized spacial score (nSPS) is 12.6. The van der Waals surface area contributed by atoms with Gasteiger partial charge in [0.1, 0.15) is 12.2 Å². The highest BCUT2D eigenvalue weighted by Crippen LogP contribution is 2.32. The van der Waals surface area contributed by atoms with Gasteiger partial charge in [-0.05, 0) is 37.6 Å². The maximum Gasteiger partial charge on any atom is 0.229 e. The summed E-state index contributed by atoms with van der Waals surface area (Å²) in [7, 11) is 1.82. The monoisotopic (exact) mass is 437 g/mol. The van der Waals surface area contributed by atoms with E-state index in [4.69, 9.17) is 0 Å². The lowest BCUT2D eigenvalue weighted by atomic mass is 10.1. The van der Waals surface area contributed by atoms with Gasteiger partial charge in [-0.2, -0.15) is 5.10 Å². The molecule has 1 unspecified atom stereocenters. The summed E-state index contributed by atoms with van der Waals surface area (Å²) >= 11 is 1.73. The summed E-state index contributed by atoms with van der Waals surface area (Å²) in [5, 5.41) is 10.3. The fourth-order valence-electron chi connectivity index (χ4n) is 3.52. The molecule has 4 rings (SSSR count). The molecule has 0 aromatic carbocycles. The number of H-pyrrole nitrogens is 1. The van der Waals surface area contributed by atoms with Crippen molar-refractivity contribution in [2.45, 2.75) is 40.3 Å². The molecule has 162 valence electrons. The molecule has 4 aromatic heterocycles. The van der Waals surface area contributed by atoms with Crippen LogP contribution in [0.3, 0.4) is 0 Å². The Hall–Kier alpha value is -3.04. The first kappa shape index (κ1) is 21.2. The molecule has 8 nitrogen and oxygen atoms in total. The lowest BCUT2D eigenvalue weighted by Gasteiger charge is -2.22. The van der Waals surface area contributed by atoms with Gasteiger partial charge in [0.2, 0.25) is 5.91 Å². The van der Waals surface area contributed by atoms with Crippen molar-refractivity contribution in [2.75, 3.05) is 11.9 Å². The Morgan fingerprint density at radius 2 is 2.10 bits per heavy atom. The molecule has 31 heavy (non-hydrogen) atoms. The van der Waals surface area contributed by atoms with Gasteiger partial charge >= 0.3 is 0 Å². The number of thiophene rings is 1. The molecule has 0 spiro atoms. The Bertz CT molecular complexity index is 1190. The predicted octanol–water partition coefficient (Wildman–Crippen LogP) is 3.96. The largest absolute Gasteiger partial charge is 0.312 e. The number of carbonyl (C=O) groups excluding carboxylic acids is 1. The van der Waals surface area contributed by atoms with Crippen LogP contribution in [-0.2, 0) is 11.3 Å². The van der Waals surface area contributed by atoms with E-state index in [1.165, 1.54) is 11.2 Å². The predicted molar refractivity (Wildman–Crippen MR) is 123 cm³/mol. The second kappa shape index (κ2) is 8.60. The summed E-state index contributed by atoms with van der Waals surface area (Å²) in [6.45, 7) is 8.55. The van der Waals surface area contributed by atoms with E-state index in [2.05, 4.69) is 55.1 Å². The Morgan fingerprint density at radius 3 is 2.74 bits per heavy atom. The third-order valence-electron chi connectivity index (χ3n) is 5.28. The van der Waals surface area contributed by atoms with Crippen LogP contribution in [0.2, 0.25) is 0 Å². The average molecular weight is 438 g/mol. The molecule has 0 fully saturated rings. The number of nitrogens with one attached hydrogen (secondary N) is 2. The molecular weight excluding hydrogens is 410 g/mol. The minimum Gasteiger partial charge on any atom is -0.312 e. The minimum absolute atomic E-state index is 0.0128.